The molecule has 0 fully saturated rings. The molecule has 0 spiro atoms. The molecule has 144 valence electrons. The summed E-state index contributed by atoms with van der Waals surface area (Å²) in [4.78, 5) is 12.5. The minimum atomic E-state index is -1.06. The van der Waals surface area contributed by atoms with Crippen LogP contribution in [0.4, 0.5) is 0 Å². The second kappa shape index (κ2) is 8.17. The molecule has 0 bridgehead atoms. The van der Waals surface area contributed by atoms with Crippen molar-refractivity contribution in [2.75, 3.05) is 6.61 Å². The molecule has 0 aliphatic heterocycles. The molecule has 3 rings (SSSR count). The molecule has 0 unspecified atom stereocenters. The Morgan fingerprint density at radius 2 is 2.04 bits per heavy atom. The first kappa shape index (κ1) is 19.5. The number of amides is 1. The maximum absolute atomic E-state index is 12.5. The van der Waals surface area contributed by atoms with Crippen molar-refractivity contribution < 1.29 is 9.53 Å². The molecule has 28 heavy (non-hydrogen) atoms. The van der Waals surface area contributed by atoms with Gasteiger partial charge >= 0.3 is 0 Å². The van der Waals surface area contributed by atoms with Crippen molar-refractivity contribution in [3.8, 4) is 6.07 Å². The highest BCUT2D eigenvalue weighted by molar-refractivity contribution is 5.85. The highest BCUT2D eigenvalue weighted by Crippen LogP contribution is 2.16. The third kappa shape index (κ3) is 4.52. The van der Waals surface area contributed by atoms with Crippen molar-refractivity contribution in [3.63, 3.8) is 0 Å². The number of ether oxygens (including phenoxy) is 1. The van der Waals surface area contributed by atoms with E-state index in [1.54, 1.807) is 36.6 Å². The number of hydrogen-bond acceptors (Lipinski definition) is 6. The van der Waals surface area contributed by atoms with Crippen molar-refractivity contribution in [3.05, 3.63) is 65.6 Å². The molecule has 0 saturated heterocycles. The zero-order valence-electron chi connectivity index (χ0n) is 15.8. The van der Waals surface area contributed by atoms with Gasteiger partial charge in [0, 0.05) is 6.20 Å². The number of rotatable bonds is 7. The highest BCUT2D eigenvalue weighted by Gasteiger charge is 2.28. The third-order valence-corrected chi connectivity index (χ3v) is 4.16. The monoisotopic (exact) mass is 378 g/mol. The minimum Gasteiger partial charge on any atom is -0.374 e. The maximum atomic E-state index is 12.5. The number of fused-ring (bicyclic) bond motifs is 1. The van der Waals surface area contributed by atoms with Gasteiger partial charge in [0.25, 0.3) is 0 Å². The van der Waals surface area contributed by atoms with Gasteiger partial charge < -0.3 is 15.8 Å². The van der Waals surface area contributed by atoms with Crippen molar-refractivity contribution in [2.45, 2.75) is 32.0 Å². The van der Waals surface area contributed by atoms with Crippen LogP contribution in [0.2, 0.25) is 0 Å². The lowest BCUT2D eigenvalue weighted by molar-refractivity contribution is -0.126. The molecule has 3 N–H and O–H groups in total. The van der Waals surface area contributed by atoms with E-state index in [1.165, 1.54) is 0 Å². The van der Waals surface area contributed by atoms with E-state index >= 15 is 0 Å². The van der Waals surface area contributed by atoms with Crippen molar-refractivity contribution in [2.24, 2.45) is 5.73 Å². The summed E-state index contributed by atoms with van der Waals surface area (Å²) < 4.78 is 7.50. The van der Waals surface area contributed by atoms with Gasteiger partial charge in [-0.05, 0) is 31.5 Å². The zero-order chi connectivity index (χ0) is 20.1. The molecule has 1 atom stereocenters. The Bertz CT molecular complexity index is 1000. The van der Waals surface area contributed by atoms with Gasteiger partial charge in [-0.2, -0.15) is 5.26 Å². The van der Waals surface area contributed by atoms with E-state index in [1.807, 2.05) is 30.3 Å². The van der Waals surface area contributed by atoms with Crippen LogP contribution in [0.25, 0.3) is 5.65 Å². The quantitative estimate of drug-likeness (QED) is 0.646. The lowest BCUT2D eigenvalue weighted by Crippen LogP contribution is -2.50. The summed E-state index contributed by atoms with van der Waals surface area (Å²) in [6.45, 7) is 3.81. The number of nitrogens with one attached hydrogen (secondary N) is 1. The molecular formula is C20H22N6O2. The van der Waals surface area contributed by atoms with Crippen LogP contribution in [0.15, 0.2) is 48.7 Å². The molecule has 8 heteroatoms. The molecule has 0 aliphatic rings. The molecule has 1 aromatic carbocycles. The number of nitrogens with two attached hydrogens (primary N) is 1. The summed E-state index contributed by atoms with van der Waals surface area (Å²) in [7, 11) is 0. The average Bonchev–Trinajstić information content (AvgIpc) is 3.10. The molecule has 8 nitrogen and oxygen atoms in total. The predicted octanol–water partition coefficient (Wildman–Crippen LogP) is 1.71. The van der Waals surface area contributed by atoms with Crippen LogP contribution in [0.1, 0.15) is 36.8 Å². The first-order valence-electron chi connectivity index (χ1n) is 8.85. The molecule has 0 saturated carbocycles. The summed E-state index contributed by atoms with van der Waals surface area (Å²) in [5.74, 6) is 0.131. The molecule has 0 aliphatic carbocycles. The summed E-state index contributed by atoms with van der Waals surface area (Å²) in [6.07, 6.45) is 1.63. The smallest absolute Gasteiger partial charge is 0.240 e. The Balaban J connectivity index is 1.85. The zero-order valence-corrected chi connectivity index (χ0v) is 15.8. The molecule has 3 aromatic rings. The topological polar surface area (TPSA) is 118 Å². The lowest BCUT2D eigenvalue weighted by atomic mass is 10.1. The van der Waals surface area contributed by atoms with Gasteiger partial charge in [0.05, 0.1) is 24.3 Å². The molecule has 1 amide bonds. The van der Waals surface area contributed by atoms with E-state index in [0.29, 0.717) is 23.6 Å². The van der Waals surface area contributed by atoms with Crippen LogP contribution in [-0.4, -0.2) is 32.7 Å². The summed E-state index contributed by atoms with van der Waals surface area (Å²) >= 11 is 0. The Labute approximate surface area is 162 Å². The van der Waals surface area contributed by atoms with Crippen molar-refractivity contribution >= 4 is 11.6 Å². The first-order chi connectivity index (χ1) is 13.4. The van der Waals surface area contributed by atoms with Gasteiger partial charge in [0.1, 0.15) is 12.1 Å². The maximum Gasteiger partial charge on any atom is 0.240 e. The van der Waals surface area contributed by atoms with Gasteiger partial charge in [0.15, 0.2) is 11.5 Å². The minimum absolute atomic E-state index is 0.175. The highest BCUT2D eigenvalue weighted by atomic mass is 16.5. The van der Waals surface area contributed by atoms with Crippen LogP contribution < -0.4 is 11.1 Å². The van der Waals surface area contributed by atoms with Gasteiger partial charge in [0.2, 0.25) is 5.91 Å². The second-order valence-corrected chi connectivity index (χ2v) is 7.06. The van der Waals surface area contributed by atoms with Crippen LogP contribution in [0.5, 0.6) is 0 Å². The fourth-order valence-corrected chi connectivity index (χ4v) is 2.61. The SMILES string of the molecule is CC(C)(N)C(=O)N[C@H](COCc1ccccc1)c1nnc2ccc(C#N)cn12. The number of aromatic nitrogens is 3. The Kier molecular flexibility index (Phi) is 5.68. The van der Waals surface area contributed by atoms with Crippen LogP contribution >= 0.6 is 0 Å². The Morgan fingerprint density at radius 1 is 1.29 bits per heavy atom. The van der Waals surface area contributed by atoms with Gasteiger partial charge in [-0.3, -0.25) is 9.20 Å². The van der Waals surface area contributed by atoms with E-state index in [9.17, 15) is 4.79 Å². The van der Waals surface area contributed by atoms with Crippen molar-refractivity contribution in [1.29, 1.82) is 5.26 Å². The standard InChI is InChI=1S/C20H22N6O2/c1-20(2,22)19(27)23-16(13-28-12-14-6-4-3-5-7-14)18-25-24-17-9-8-15(10-21)11-26(17)18/h3-9,11,16H,12-13,22H2,1-2H3,(H,23,27)/t16-/m1/s1. The number of nitrogens with zero attached hydrogens (tertiary/aromatic N) is 4. The lowest BCUT2D eigenvalue weighted by Gasteiger charge is -2.23. The number of benzene rings is 1. The van der Waals surface area contributed by atoms with Crippen molar-refractivity contribution in [1.82, 2.24) is 19.9 Å². The fraction of sp³-hybridized carbons (Fsp3) is 0.300. The number of pyridine rings is 1. The number of carbonyl (C=O) groups is 1. The van der Waals surface area contributed by atoms with Crippen LogP contribution in [-0.2, 0) is 16.1 Å². The van der Waals surface area contributed by atoms with Crippen LogP contribution in [0.3, 0.4) is 0 Å². The van der Waals surface area contributed by atoms with E-state index in [-0.39, 0.29) is 12.5 Å². The number of hydrogen-bond donors (Lipinski definition) is 2. The Morgan fingerprint density at radius 3 is 2.71 bits per heavy atom. The summed E-state index contributed by atoms with van der Waals surface area (Å²) in [5.41, 5.74) is 6.91. The van der Waals surface area contributed by atoms with E-state index in [4.69, 9.17) is 15.7 Å². The third-order valence-electron chi connectivity index (χ3n) is 4.16. The van der Waals surface area contributed by atoms with Gasteiger partial charge in [-0.1, -0.05) is 30.3 Å². The number of nitriles is 1. The number of carbonyl (C=O) groups excluding carboxylic acids is 1. The second-order valence-electron chi connectivity index (χ2n) is 7.06. The first-order valence-corrected chi connectivity index (χ1v) is 8.85. The average molecular weight is 378 g/mol. The van der Waals surface area contributed by atoms with E-state index in [2.05, 4.69) is 21.6 Å². The molecule has 2 aromatic heterocycles. The van der Waals surface area contributed by atoms with Gasteiger partial charge in [-0.25, -0.2) is 0 Å². The van der Waals surface area contributed by atoms with E-state index < -0.39 is 11.6 Å². The van der Waals surface area contributed by atoms with Crippen LogP contribution in [0, 0.1) is 11.3 Å². The fourth-order valence-electron chi connectivity index (χ4n) is 2.61. The summed E-state index contributed by atoms with van der Waals surface area (Å²) in [5, 5.41) is 20.4. The molecule has 0 radical (unpaired) electrons. The molecular weight excluding hydrogens is 356 g/mol. The predicted molar refractivity (Wildman–Crippen MR) is 103 cm³/mol. The van der Waals surface area contributed by atoms with E-state index in [0.717, 1.165) is 5.56 Å². The normalized spacial score (nSPS) is 12.5. The Hall–Kier alpha value is -3.28. The summed E-state index contributed by atoms with van der Waals surface area (Å²) in [6, 6.07) is 14.6. The largest absolute Gasteiger partial charge is 0.374 e. The van der Waals surface area contributed by atoms with Gasteiger partial charge in [-0.15, -0.1) is 10.2 Å². The molecule has 2 heterocycles.